The van der Waals surface area contributed by atoms with Gasteiger partial charge < -0.3 is 4.98 Å². The summed E-state index contributed by atoms with van der Waals surface area (Å²) >= 11 is 0. The Hall–Kier alpha value is -2.09. The highest BCUT2D eigenvalue weighted by molar-refractivity contribution is 5.81. The smallest absolute Gasteiger partial charge is 0.0919 e. The average Bonchev–Trinajstić information content (AvgIpc) is 3.17. The molecule has 0 aliphatic heterocycles. The second-order valence-corrected chi connectivity index (χ2v) is 4.11. The van der Waals surface area contributed by atoms with Gasteiger partial charge >= 0.3 is 0 Å². The molecule has 0 aliphatic carbocycles. The summed E-state index contributed by atoms with van der Waals surface area (Å²) in [6.45, 7) is 8.36. The Morgan fingerprint density at radius 3 is 1.43 bits per heavy atom. The Bertz CT molecular complexity index is 445. The van der Waals surface area contributed by atoms with Gasteiger partial charge in [0.2, 0.25) is 0 Å². The number of aromatic amines is 1. The van der Waals surface area contributed by atoms with Gasteiger partial charge in [-0.3, -0.25) is 0 Å². The lowest BCUT2D eigenvalue weighted by atomic mass is 10.1. The van der Waals surface area contributed by atoms with E-state index in [4.69, 9.17) is 0 Å². The Kier molecular flexibility index (Phi) is 12.9. The summed E-state index contributed by atoms with van der Waals surface area (Å²) in [7, 11) is 0. The van der Waals surface area contributed by atoms with Crippen LogP contribution in [0, 0.1) is 0 Å². The average molecular weight is 284 g/mol. The molecule has 0 spiro atoms. The van der Waals surface area contributed by atoms with Gasteiger partial charge in [-0.05, 0) is 10.8 Å². The van der Waals surface area contributed by atoms with Crippen molar-refractivity contribution in [3.05, 3.63) is 67.3 Å². The van der Waals surface area contributed by atoms with Crippen molar-refractivity contribution in [2.24, 2.45) is 0 Å². The molecular weight excluding hydrogens is 256 g/mol. The van der Waals surface area contributed by atoms with Crippen LogP contribution in [-0.4, -0.2) is 9.97 Å². The standard InChI is InChI=1S/C10H8.C4H10.C3H4N2.C2H6/c1-2-6-10-8-4-3-7-9(10)5-1;1-3-4-2;1-2-5-3-4-1;1-2/h1-8H;3-4H2,1-2H3;1-3H,(H,4,5);1-2H3. The van der Waals surface area contributed by atoms with Crippen LogP contribution in [0.25, 0.3) is 10.8 Å². The topological polar surface area (TPSA) is 28.7 Å². The van der Waals surface area contributed by atoms with Crippen LogP contribution in [0.15, 0.2) is 67.3 Å². The number of hydrogen-bond acceptors (Lipinski definition) is 1. The summed E-state index contributed by atoms with van der Waals surface area (Å²) < 4.78 is 0. The molecule has 0 atom stereocenters. The van der Waals surface area contributed by atoms with Gasteiger partial charge in [-0.25, -0.2) is 4.98 Å². The monoisotopic (exact) mass is 284 g/mol. The number of H-pyrrole nitrogens is 1. The second kappa shape index (κ2) is 14.3. The van der Waals surface area contributed by atoms with Gasteiger partial charge in [0.1, 0.15) is 0 Å². The molecule has 3 aromatic rings. The van der Waals surface area contributed by atoms with E-state index in [0.29, 0.717) is 0 Å². The molecule has 0 unspecified atom stereocenters. The molecule has 1 heterocycles. The van der Waals surface area contributed by atoms with Gasteiger partial charge in [0.05, 0.1) is 6.33 Å². The molecule has 1 aromatic heterocycles. The van der Waals surface area contributed by atoms with Crippen molar-refractivity contribution in [2.45, 2.75) is 40.5 Å². The number of rotatable bonds is 1. The highest BCUT2D eigenvalue weighted by Crippen LogP contribution is 2.11. The van der Waals surface area contributed by atoms with Gasteiger partial charge in [0, 0.05) is 12.4 Å². The number of unbranched alkanes of at least 4 members (excludes halogenated alkanes) is 1. The Morgan fingerprint density at radius 1 is 0.810 bits per heavy atom. The van der Waals surface area contributed by atoms with E-state index in [2.05, 4.69) is 72.3 Å². The second-order valence-electron chi connectivity index (χ2n) is 4.11. The van der Waals surface area contributed by atoms with Crippen LogP contribution >= 0.6 is 0 Å². The minimum absolute atomic E-state index is 1.31. The number of fused-ring (bicyclic) bond motifs is 1. The molecule has 2 aromatic carbocycles. The van der Waals surface area contributed by atoms with Crippen molar-refractivity contribution in [1.82, 2.24) is 9.97 Å². The Balaban J connectivity index is 0.000000308. The van der Waals surface area contributed by atoms with E-state index in [1.807, 2.05) is 13.8 Å². The summed E-state index contributed by atoms with van der Waals surface area (Å²) in [5.74, 6) is 0. The molecule has 0 radical (unpaired) electrons. The van der Waals surface area contributed by atoms with Gasteiger partial charge in [0.25, 0.3) is 0 Å². The molecule has 2 heteroatoms. The van der Waals surface area contributed by atoms with Crippen LogP contribution in [0.3, 0.4) is 0 Å². The van der Waals surface area contributed by atoms with E-state index in [-0.39, 0.29) is 0 Å². The van der Waals surface area contributed by atoms with Crippen LogP contribution in [-0.2, 0) is 0 Å². The van der Waals surface area contributed by atoms with Gasteiger partial charge in [-0.1, -0.05) is 89.1 Å². The lowest BCUT2D eigenvalue weighted by Crippen LogP contribution is -1.67. The first kappa shape index (κ1) is 18.9. The van der Waals surface area contributed by atoms with Crippen molar-refractivity contribution in [2.75, 3.05) is 0 Å². The van der Waals surface area contributed by atoms with Crippen molar-refractivity contribution in [3.63, 3.8) is 0 Å². The maximum atomic E-state index is 3.67. The van der Waals surface area contributed by atoms with E-state index >= 15 is 0 Å². The molecule has 0 saturated carbocycles. The molecule has 114 valence electrons. The van der Waals surface area contributed by atoms with E-state index < -0.39 is 0 Å². The maximum absolute atomic E-state index is 3.67. The van der Waals surface area contributed by atoms with E-state index in [1.54, 1.807) is 18.7 Å². The van der Waals surface area contributed by atoms with Gasteiger partial charge in [-0.15, -0.1) is 0 Å². The number of aromatic nitrogens is 2. The third kappa shape index (κ3) is 9.44. The van der Waals surface area contributed by atoms with Gasteiger partial charge in [-0.2, -0.15) is 0 Å². The molecule has 0 bridgehead atoms. The fourth-order valence-electron chi connectivity index (χ4n) is 1.35. The van der Waals surface area contributed by atoms with E-state index in [0.717, 1.165) is 0 Å². The third-order valence-corrected chi connectivity index (χ3v) is 2.56. The highest BCUT2D eigenvalue weighted by atomic mass is 14.8. The van der Waals surface area contributed by atoms with Crippen molar-refractivity contribution < 1.29 is 0 Å². The molecule has 3 rings (SSSR count). The first-order valence-corrected chi connectivity index (χ1v) is 7.75. The molecular formula is C19H28N2. The fraction of sp³-hybridized carbons (Fsp3) is 0.316. The molecule has 0 saturated heterocycles. The fourth-order valence-corrected chi connectivity index (χ4v) is 1.35. The Morgan fingerprint density at radius 2 is 1.24 bits per heavy atom. The summed E-state index contributed by atoms with van der Waals surface area (Å²) in [5.41, 5.74) is 0. The van der Waals surface area contributed by atoms with Crippen molar-refractivity contribution >= 4 is 10.8 Å². The van der Waals surface area contributed by atoms with Crippen molar-refractivity contribution in [3.8, 4) is 0 Å². The molecule has 2 nitrogen and oxygen atoms in total. The van der Waals surface area contributed by atoms with Crippen LogP contribution in [0.1, 0.15) is 40.5 Å². The molecule has 0 amide bonds. The third-order valence-electron chi connectivity index (χ3n) is 2.56. The van der Waals surface area contributed by atoms with E-state index in [9.17, 15) is 0 Å². The van der Waals surface area contributed by atoms with Crippen LogP contribution in [0.4, 0.5) is 0 Å². The molecule has 1 N–H and O–H groups in total. The predicted octanol–water partition coefficient (Wildman–Crippen LogP) is 6.08. The van der Waals surface area contributed by atoms with Crippen LogP contribution in [0.2, 0.25) is 0 Å². The highest BCUT2D eigenvalue weighted by Gasteiger charge is 1.85. The molecule has 21 heavy (non-hydrogen) atoms. The van der Waals surface area contributed by atoms with Gasteiger partial charge in [0.15, 0.2) is 0 Å². The first-order valence-electron chi connectivity index (χ1n) is 7.75. The zero-order valence-corrected chi connectivity index (χ0v) is 13.7. The number of hydrogen-bond donors (Lipinski definition) is 1. The zero-order valence-electron chi connectivity index (χ0n) is 13.7. The van der Waals surface area contributed by atoms with Crippen LogP contribution < -0.4 is 0 Å². The number of benzene rings is 2. The normalized spacial score (nSPS) is 8.38. The Labute approximate surface area is 129 Å². The summed E-state index contributed by atoms with van der Waals surface area (Å²) in [6, 6.07) is 16.7. The lowest BCUT2D eigenvalue weighted by Gasteiger charge is -1.92. The first-order chi connectivity index (χ1) is 10.4. The largest absolute Gasteiger partial charge is 0.351 e. The quantitative estimate of drug-likeness (QED) is 0.576. The molecule has 0 fully saturated rings. The van der Waals surface area contributed by atoms with Crippen molar-refractivity contribution in [1.29, 1.82) is 0 Å². The minimum Gasteiger partial charge on any atom is -0.351 e. The summed E-state index contributed by atoms with van der Waals surface area (Å²) in [4.78, 5) is 6.42. The lowest BCUT2D eigenvalue weighted by molar-refractivity contribution is 0.886. The molecule has 0 aliphatic rings. The number of nitrogens with one attached hydrogen (secondary N) is 1. The maximum Gasteiger partial charge on any atom is 0.0919 e. The van der Waals surface area contributed by atoms with Crippen LogP contribution in [0.5, 0.6) is 0 Å². The number of imidazole rings is 1. The summed E-state index contributed by atoms with van der Waals surface area (Å²) in [5, 5.41) is 2.62. The predicted molar refractivity (Wildman–Crippen MR) is 94.5 cm³/mol. The zero-order chi connectivity index (χ0) is 15.8. The number of nitrogens with zero attached hydrogens (tertiary/aromatic N) is 1. The van der Waals surface area contributed by atoms with E-state index in [1.165, 1.54) is 23.6 Å². The minimum atomic E-state index is 1.31. The SMILES string of the molecule is CC.CCCC.c1c[nH]cn1.c1ccc2ccccc2c1. The summed E-state index contributed by atoms with van der Waals surface area (Å²) in [6.07, 6.45) is 7.72.